The first-order valence-corrected chi connectivity index (χ1v) is 7.37. The number of hydrogen-bond donors (Lipinski definition) is 1. The van der Waals surface area contributed by atoms with Crippen LogP contribution in [-0.2, 0) is 6.54 Å². The van der Waals surface area contributed by atoms with Crippen molar-refractivity contribution >= 4 is 17.3 Å². The van der Waals surface area contributed by atoms with Gasteiger partial charge in [-0.05, 0) is 42.9 Å². The average Bonchev–Trinajstić information content (AvgIpc) is 3.09. The second kappa shape index (κ2) is 5.10. The summed E-state index contributed by atoms with van der Waals surface area (Å²) in [5.74, 6) is 0.799. The number of anilines is 1. The number of halogens is 1. The molecule has 1 saturated carbocycles. The molecule has 1 N–H and O–H groups in total. The zero-order valence-electron chi connectivity index (χ0n) is 11.0. The van der Waals surface area contributed by atoms with Gasteiger partial charge in [0.05, 0.1) is 0 Å². The van der Waals surface area contributed by atoms with Crippen LogP contribution in [0, 0.1) is 5.92 Å². The largest absolute Gasteiger partial charge is 0.371 e. The minimum atomic E-state index is 0.756. The zero-order chi connectivity index (χ0) is 12.5. The lowest BCUT2D eigenvalue weighted by Crippen LogP contribution is -2.23. The molecule has 2 nitrogen and oxygen atoms in total. The lowest BCUT2D eigenvalue weighted by Gasteiger charge is -2.22. The maximum Gasteiger partial charge on any atom is 0.0426 e. The van der Waals surface area contributed by atoms with Crippen molar-refractivity contribution in [2.75, 3.05) is 18.0 Å². The second-order valence-electron chi connectivity index (χ2n) is 5.77. The van der Waals surface area contributed by atoms with Gasteiger partial charge >= 0.3 is 0 Å². The summed E-state index contributed by atoms with van der Waals surface area (Å²) in [6, 6.07) is 7.07. The molecular formula is C15H21ClN2. The highest BCUT2D eigenvalue weighted by molar-refractivity contribution is 6.30. The van der Waals surface area contributed by atoms with Gasteiger partial charge in [-0.3, -0.25) is 0 Å². The van der Waals surface area contributed by atoms with Crippen LogP contribution in [0.1, 0.15) is 31.7 Å². The number of rotatable bonds is 4. The van der Waals surface area contributed by atoms with E-state index in [0.717, 1.165) is 36.6 Å². The molecule has 2 aliphatic rings. The van der Waals surface area contributed by atoms with E-state index < -0.39 is 0 Å². The van der Waals surface area contributed by atoms with Crippen molar-refractivity contribution in [2.45, 2.75) is 38.8 Å². The van der Waals surface area contributed by atoms with E-state index in [0.29, 0.717) is 0 Å². The van der Waals surface area contributed by atoms with E-state index in [1.165, 1.54) is 30.5 Å². The molecule has 0 radical (unpaired) electrons. The molecule has 1 aromatic rings. The number of hydrogen-bond acceptors (Lipinski definition) is 2. The molecule has 1 unspecified atom stereocenters. The molecule has 0 aromatic heterocycles. The second-order valence-corrected chi connectivity index (χ2v) is 6.20. The van der Waals surface area contributed by atoms with Gasteiger partial charge in [-0.15, -0.1) is 0 Å². The summed E-state index contributed by atoms with van der Waals surface area (Å²) in [5.41, 5.74) is 2.72. The molecule has 3 heteroatoms. The Morgan fingerprint density at radius 1 is 1.33 bits per heavy atom. The Kier molecular flexibility index (Phi) is 3.49. The van der Waals surface area contributed by atoms with Crippen molar-refractivity contribution < 1.29 is 0 Å². The molecule has 1 aromatic carbocycles. The maximum absolute atomic E-state index is 6.16. The first-order chi connectivity index (χ1) is 8.72. The summed E-state index contributed by atoms with van der Waals surface area (Å²) in [6.45, 7) is 5.63. The summed E-state index contributed by atoms with van der Waals surface area (Å²) in [6.07, 6.45) is 3.97. The lowest BCUT2D eigenvalue weighted by atomic mass is 10.1. The minimum Gasteiger partial charge on any atom is -0.371 e. The van der Waals surface area contributed by atoms with E-state index in [9.17, 15) is 0 Å². The lowest BCUT2D eigenvalue weighted by molar-refractivity contribution is 0.658. The quantitative estimate of drug-likeness (QED) is 0.896. The third-order valence-corrected chi connectivity index (χ3v) is 4.21. The normalized spacial score (nSPS) is 23.7. The van der Waals surface area contributed by atoms with Crippen LogP contribution in [0.4, 0.5) is 5.69 Å². The summed E-state index contributed by atoms with van der Waals surface area (Å²) in [4.78, 5) is 2.49. The molecule has 98 valence electrons. The fourth-order valence-corrected chi connectivity index (χ4v) is 2.84. The van der Waals surface area contributed by atoms with Gasteiger partial charge in [0.1, 0.15) is 0 Å². The smallest absolute Gasteiger partial charge is 0.0426 e. The predicted octanol–water partition coefficient (Wildman–Crippen LogP) is 3.44. The summed E-state index contributed by atoms with van der Waals surface area (Å²) >= 11 is 6.16. The molecule has 1 atom stereocenters. The fraction of sp³-hybridized carbons (Fsp3) is 0.600. The maximum atomic E-state index is 6.16. The molecule has 2 fully saturated rings. The topological polar surface area (TPSA) is 15.3 Å². The Bertz CT molecular complexity index is 429. The van der Waals surface area contributed by atoms with Gasteiger partial charge in [0.25, 0.3) is 0 Å². The Labute approximate surface area is 114 Å². The van der Waals surface area contributed by atoms with Gasteiger partial charge < -0.3 is 10.2 Å². The highest BCUT2D eigenvalue weighted by Crippen LogP contribution is 2.30. The van der Waals surface area contributed by atoms with Crippen LogP contribution < -0.4 is 10.2 Å². The van der Waals surface area contributed by atoms with Crippen LogP contribution in [-0.4, -0.2) is 19.1 Å². The van der Waals surface area contributed by atoms with Gasteiger partial charge in [0.2, 0.25) is 0 Å². The van der Waals surface area contributed by atoms with E-state index in [4.69, 9.17) is 11.6 Å². The molecule has 0 amide bonds. The number of nitrogens with one attached hydrogen (secondary N) is 1. The molecule has 3 rings (SSSR count). The first-order valence-electron chi connectivity index (χ1n) is 6.99. The van der Waals surface area contributed by atoms with Crippen molar-refractivity contribution in [1.82, 2.24) is 5.32 Å². The monoisotopic (exact) mass is 264 g/mol. The molecular weight excluding hydrogens is 244 g/mol. The van der Waals surface area contributed by atoms with Gasteiger partial charge in [0, 0.05) is 36.4 Å². The van der Waals surface area contributed by atoms with E-state index in [1.807, 2.05) is 6.07 Å². The Morgan fingerprint density at radius 2 is 2.17 bits per heavy atom. The van der Waals surface area contributed by atoms with Crippen LogP contribution in [0.15, 0.2) is 18.2 Å². The van der Waals surface area contributed by atoms with Crippen LogP contribution in [0.25, 0.3) is 0 Å². The molecule has 1 saturated heterocycles. The van der Waals surface area contributed by atoms with Gasteiger partial charge in [0.15, 0.2) is 0 Å². The summed E-state index contributed by atoms with van der Waals surface area (Å²) in [5, 5.41) is 4.44. The van der Waals surface area contributed by atoms with E-state index >= 15 is 0 Å². The van der Waals surface area contributed by atoms with Crippen LogP contribution >= 0.6 is 11.6 Å². The average molecular weight is 265 g/mol. The van der Waals surface area contributed by atoms with Crippen molar-refractivity contribution in [3.05, 3.63) is 28.8 Å². The van der Waals surface area contributed by atoms with Crippen LogP contribution in [0.3, 0.4) is 0 Å². The van der Waals surface area contributed by atoms with E-state index in [1.54, 1.807) is 0 Å². The SMILES string of the molecule is CC1CCN(c2cc(Cl)ccc2CNC2CC2)C1. The van der Waals surface area contributed by atoms with Gasteiger partial charge in [-0.2, -0.15) is 0 Å². The first kappa shape index (κ1) is 12.3. The van der Waals surface area contributed by atoms with Crippen LogP contribution in [0.5, 0.6) is 0 Å². The summed E-state index contributed by atoms with van der Waals surface area (Å²) in [7, 11) is 0. The van der Waals surface area contributed by atoms with Gasteiger partial charge in [-0.1, -0.05) is 24.6 Å². The van der Waals surface area contributed by atoms with Crippen molar-refractivity contribution in [2.24, 2.45) is 5.92 Å². The highest BCUT2D eigenvalue weighted by atomic mass is 35.5. The fourth-order valence-electron chi connectivity index (χ4n) is 2.68. The van der Waals surface area contributed by atoms with Crippen molar-refractivity contribution in [3.8, 4) is 0 Å². The van der Waals surface area contributed by atoms with Crippen molar-refractivity contribution in [1.29, 1.82) is 0 Å². The molecule has 18 heavy (non-hydrogen) atoms. The Morgan fingerprint density at radius 3 is 2.83 bits per heavy atom. The van der Waals surface area contributed by atoms with Crippen LogP contribution in [0.2, 0.25) is 5.02 Å². The van der Waals surface area contributed by atoms with Gasteiger partial charge in [-0.25, -0.2) is 0 Å². The molecule has 1 heterocycles. The molecule has 0 bridgehead atoms. The Hall–Kier alpha value is -0.730. The van der Waals surface area contributed by atoms with E-state index in [2.05, 4.69) is 29.3 Å². The minimum absolute atomic E-state index is 0.756. The standard InChI is InChI=1S/C15H21ClN2/c1-11-6-7-18(10-11)15-8-13(16)3-2-12(15)9-17-14-4-5-14/h2-3,8,11,14,17H,4-7,9-10H2,1H3. The molecule has 0 spiro atoms. The molecule has 1 aliphatic carbocycles. The third kappa shape index (κ3) is 2.81. The molecule has 1 aliphatic heterocycles. The number of benzene rings is 1. The predicted molar refractivity (Wildman–Crippen MR) is 77.3 cm³/mol. The summed E-state index contributed by atoms with van der Waals surface area (Å²) < 4.78 is 0. The van der Waals surface area contributed by atoms with E-state index in [-0.39, 0.29) is 0 Å². The number of nitrogens with zero attached hydrogens (tertiary/aromatic N) is 1. The Balaban J connectivity index is 1.78. The van der Waals surface area contributed by atoms with Crippen molar-refractivity contribution in [3.63, 3.8) is 0 Å². The third-order valence-electron chi connectivity index (χ3n) is 3.97. The highest BCUT2D eigenvalue weighted by Gasteiger charge is 2.23. The zero-order valence-corrected chi connectivity index (χ0v) is 11.7.